The third-order valence-corrected chi connectivity index (χ3v) is 3.63. The van der Waals surface area contributed by atoms with Crippen LogP contribution in [0, 0.1) is 0 Å². The third-order valence-electron chi connectivity index (χ3n) is 3.40. The van der Waals surface area contributed by atoms with Crippen molar-refractivity contribution in [1.82, 2.24) is 0 Å². The lowest BCUT2D eigenvalue weighted by Crippen LogP contribution is -2.24. The van der Waals surface area contributed by atoms with Gasteiger partial charge in [0.1, 0.15) is 17.6 Å². The molecule has 0 bridgehead atoms. The van der Waals surface area contributed by atoms with E-state index >= 15 is 0 Å². The van der Waals surface area contributed by atoms with Crippen LogP contribution in [-0.2, 0) is 6.42 Å². The van der Waals surface area contributed by atoms with E-state index in [1.54, 1.807) is 7.11 Å². The largest absolute Gasteiger partial charge is 0.495 e. The van der Waals surface area contributed by atoms with Gasteiger partial charge < -0.3 is 14.8 Å². The zero-order valence-corrected chi connectivity index (χ0v) is 12.0. The lowest BCUT2D eigenvalue weighted by atomic mass is 10.1. The quantitative estimate of drug-likeness (QED) is 0.929. The van der Waals surface area contributed by atoms with E-state index in [2.05, 4.69) is 11.4 Å². The highest BCUT2D eigenvalue weighted by atomic mass is 35.5. The number of hydrogen-bond donors (Lipinski definition) is 1. The number of ether oxygens (including phenoxy) is 2. The zero-order valence-electron chi connectivity index (χ0n) is 11.2. The van der Waals surface area contributed by atoms with Gasteiger partial charge in [-0.2, -0.15) is 0 Å². The van der Waals surface area contributed by atoms with Gasteiger partial charge in [0.15, 0.2) is 0 Å². The third kappa shape index (κ3) is 2.68. The molecular formula is C16H16ClNO2. The molecule has 0 radical (unpaired) electrons. The summed E-state index contributed by atoms with van der Waals surface area (Å²) < 4.78 is 11.2. The summed E-state index contributed by atoms with van der Waals surface area (Å²) in [5.41, 5.74) is 2.15. The van der Waals surface area contributed by atoms with E-state index in [9.17, 15) is 0 Å². The number of fused-ring (bicyclic) bond motifs is 1. The lowest BCUT2D eigenvalue weighted by Gasteiger charge is -2.15. The number of hydrogen-bond acceptors (Lipinski definition) is 3. The molecule has 1 atom stereocenters. The molecular weight excluding hydrogens is 274 g/mol. The normalized spacial score (nSPS) is 16.4. The van der Waals surface area contributed by atoms with Gasteiger partial charge in [0.2, 0.25) is 0 Å². The minimum absolute atomic E-state index is 0.135. The second-order valence-corrected chi connectivity index (χ2v) is 5.21. The Morgan fingerprint density at radius 2 is 2.15 bits per heavy atom. The van der Waals surface area contributed by atoms with E-state index in [1.165, 1.54) is 5.56 Å². The number of halogens is 1. The molecule has 0 saturated carbocycles. The van der Waals surface area contributed by atoms with E-state index < -0.39 is 0 Å². The fourth-order valence-electron chi connectivity index (χ4n) is 2.41. The van der Waals surface area contributed by atoms with Crippen molar-refractivity contribution in [2.24, 2.45) is 0 Å². The minimum atomic E-state index is 0.135. The number of methoxy groups -OCH3 is 1. The lowest BCUT2D eigenvalue weighted by molar-refractivity contribution is 0.246. The molecule has 0 fully saturated rings. The molecule has 2 aromatic carbocycles. The maximum absolute atomic E-state index is 6.02. The van der Waals surface area contributed by atoms with Crippen LogP contribution in [-0.4, -0.2) is 19.8 Å². The van der Waals surface area contributed by atoms with Crippen molar-refractivity contribution in [2.45, 2.75) is 12.5 Å². The van der Waals surface area contributed by atoms with Gasteiger partial charge in [-0.15, -0.1) is 0 Å². The van der Waals surface area contributed by atoms with Crippen LogP contribution in [0.5, 0.6) is 11.5 Å². The Labute approximate surface area is 123 Å². The summed E-state index contributed by atoms with van der Waals surface area (Å²) in [6.45, 7) is 0.714. The summed E-state index contributed by atoms with van der Waals surface area (Å²) in [4.78, 5) is 0. The summed E-state index contributed by atoms with van der Waals surface area (Å²) in [7, 11) is 1.65. The molecule has 1 unspecified atom stereocenters. The van der Waals surface area contributed by atoms with Gasteiger partial charge in [-0.1, -0.05) is 29.8 Å². The Morgan fingerprint density at radius 1 is 1.30 bits per heavy atom. The Kier molecular flexibility index (Phi) is 3.70. The van der Waals surface area contributed by atoms with Crippen LogP contribution >= 0.6 is 11.6 Å². The number of para-hydroxylation sites is 1. The maximum Gasteiger partial charge on any atom is 0.142 e. The molecule has 0 aliphatic carbocycles. The second-order valence-electron chi connectivity index (χ2n) is 4.78. The summed E-state index contributed by atoms with van der Waals surface area (Å²) in [6.07, 6.45) is 1.06. The number of rotatable bonds is 4. The molecule has 0 spiro atoms. The molecule has 0 aromatic heterocycles. The first kappa shape index (κ1) is 13.1. The fraction of sp³-hybridized carbons (Fsp3) is 0.250. The molecule has 1 N–H and O–H groups in total. The van der Waals surface area contributed by atoms with Gasteiger partial charge >= 0.3 is 0 Å². The van der Waals surface area contributed by atoms with Crippen LogP contribution in [0.15, 0.2) is 42.5 Å². The van der Waals surface area contributed by atoms with Crippen molar-refractivity contribution < 1.29 is 9.47 Å². The summed E-state index contributed by atoms with van der Waals surface area (Å²) in [5, 5.41) is 4.03. The first-order valence-electron chi connectivity index (χ1n) is 6.58. The van der Waals surface area contributed by atoms with Crippen LogP contribution in [0.2, 0.25) is 5.02 Å². The number of anilines is 1. The predicted molar refractivity (Wildman–Crippen MR) is 81.1 cm³/mol. The highest BCUT2D eigenvalue weighted by molar-refractivity contribution is 6.30. The highest BCUT2D eigenvalue weighted by Crippen LogP contribution is 2.30. The van der Waals surface area contributed by atoms with Crippen molar-refractivity contribution in [2.75, 3.05) is 19.0 Å². The molecule has 2 aromatic rings. The van der Waals surface area contributed by atoms with Gasteiger partial charge in [-0.05, 0) is 29.8 Å². The average Bonchev–Trinajstić information content (AvgIpc) is 2.88. The molecule has 20 heavy (non-hydrogen) atoms. The van der Waals surface area contributed by atoms with Crippen LogP contribution < -0.4 is 14.8 Å². The van der Waals surface area contributed by atoms with Crippen LogP contribution in [0.25, 0.3) is 0 Å². The van der Waals surface area contributed by atoms with Gasteiger partial charge in [-0.3, -0.25) is 0 Å². The minimum Gasteiger partial charge on any atom is -0.495 e. The standard InChI is InChI=1S/C16H16ClNO2/c1-19-16-7-6-12(17)9-14(16)18-10-13-8-11-4-2-3-5-15(11)20-13/h2-7,9,13,18H,8,10H2,1H3. The van der Waals surface area contributed by atoms with E-state index in [1.807, 2.05) is 36.4 Å². The molecule has 4 heteroatoms. The molecule has 3 nitrogen and oxygen atoms in total. The summed E-state index contributed by atoms with van der Waals surface area (Å²) in [6, 6.07) is 13.7. The number of benzene rings is 2. The van der Waals surface area contributed by atoms with Gasteiger partial charge in [0, 0.05) is 11.4 Å². The average molecular weight is 290 g/mol. The van der Waals surface area contributed by atoms with E-state index in [4.69, 9.17) is 21.1 Å². The molecule has 1 aliphatic heterocycles. The van der Waals surface area contributed by atoms with Crippen molar-refractivity contribution in [3.05, 3.63) is 53.1 Å². The Bertz CT molecular complexity index is 590. The fourth-order valence-corrected chi connectivity index (χ4v) is 2.58. The van der Waals surface area contributed by atoms with Crippen LogP contribution in [0.1, 0.15) is 5.56 Å². The summed E-state index contributed by atoms with van der Waals surface area (Å²) >= 11 is 6.02. The van der Waals surface area contributed by atoms with Crippen molar-refractivity contribution in [3.63, 3.8) is 0 Å². The zero-order chi connectivity index (χ0) is 13.9. The van der Waals surface area contributed by atoms with Crippen molar-refractivity contribution >= 4 is 17.3 Å². The molecule has 104 valence electrons. The first-order valence-corrected chi connectivity index (χ1v) is 6.96. The SMILES string of the molecule is COc1ccc(Cl)cc1NCC1Cc2ccccc2O1. The monoisotopic (exact) mass is 289 g/mol. The van der Waals surface area contributed by atoms with Gasteiger partial charge in [0.05, 0.1) is 19.3 Å². The Hall–Kier alpha value is -1.87. The first-order chi connectivity index (χ1) is 9.76. The Morgan fingerprint density at radius 3 is 2.95 bits per heavy atom. The second kappa shape index (κ2) is 5.63. The molecule has 3 rings (SSSR count). The number of nitrogens with one attached hydrogen (secondary N) is 1. The van der Waals surface area contributed by atoms with E-state index in [-0.39, 0.29) is 6.10 Å². The van der Waals surface area contributed by atoms with Crippen LogP contribution in [0.4, 0.5) is 5.69 Å². The van der Waals surface area contributed by atoms with Gasteiger partial charge in [0.25, 0.3) is 0 Å². The predicted octanol–water partition coefficient (Wildman–Crippen LogP) is 3.76. The van der Waals surface area contributed by atoms with Crippen molar-refractivity contribution in [1.29, 1.82) is 0 Å². The van der Waals surface area contributed by atoms with Crippen LogP contribution in [0.3, 0.4) is 0 Å². The van der Waals surface area contributed by atoms with Crippen molar-refractivity contribution in [3.8, 4) is 11.5 Å². The Balaban J connectivity index is 1.65. The molecule has 0 saturated heterocycles. The molecule has 1 heterocycles. The van der Waals surface area contributed by atoms with E-state index in [0.717, 1.165) is 23.6 Å². The molecule has 0 amide bonds. The topological polar surface area (TPSA) is 30.5 Å². The maximum atomic E-state index is 6.02. The van der Waals surface area contributed by atoms with Gasteiger partial charge in [-0.25, -0.2) is 0 Å². The smallest absolute Gasteiger partial charge is 0.142 e. The molecule has 1 aliphatic rings. The highest BCUT2D eigenvalue weighted by Gasteiger charge is 2.22. The van der Waals surface area contributed by atoms with E-state index in [0.29, 0.717) is 11.6 Å². The summed E-state index contributed by atoms with van der Waals surface area (Å²) in [5.74, 6) is 1.77.